The standard InChI is InChI=1S/C21H24ClN3O2/c22-18-9-5-15(6-10-18)14-24-21(27)25-19-11-7-16(8-12-19)13-23-20(26)17-3-1-2-4-17/h5-12,17H,1-4,13-14H2,(H,23,26)(H2,24,25,27). The maximum atomic E-state index is 12.1. The molecular weight excluding hydrogens is 362 g/mol. The molecule has 142 valence electrons. The van der Waals surface area contributed by atoms with Crippen LogP contribution in [0.1, 0.15) is 36.8 Å². The van der Waals surface area contributed by atoms with E-state index in [0.29, 0.717) is 23.8 Å². The highest BCUT2D eigenvalue weighted by Crippen LogP contribution is 2.24. The van der Waals surface area contributed by atoms with Gasteiger partial charge in [-0.3, -0.25) is 4.79 Å². The normalized spacial score (nSPS) is 14.0. The number of carbonyl (C=O) groups is 2. The van der Waals surface area contributed by atoms with Crippen LogP contribution in [-0.2, 0) is 17.9 Å². The molecule has 3 rings (SSSR count). The van der Waals surface area contributed by atoms with Gasteiger partial charge in [-0.2, -0.15) is 0 Å². The first-order valence-corrected chi connectivity index (χ1v) is 9.64. The van der Waals surface area contributed by atoms with Gasteiger partial charge in [0.25, 0.3) is 0 Å². The van der Waals surface area contributed by atoms with E-state index in [4.69, 9.17) is 11.6 Å². The van der Waals surface area contributed by atoms with Gasteiger partial charge >= 0.3 is 6.03 Å². The Kier molecular flexibility index (Phi) is 6.71. The number of nitrogens with one attached hydrogen (secondary N) is 3. The van der Waals surface area contributed by atoms with Crippen molar-refractivity contribution in [1.82, 2.24) is 10.6 Å². The van der Waals surface area contributed by atoms with Crippen LogP contribution in [0, 0.1) is 5.92 Å². The molecule has 0 spiro atoms. The summed E-state index contributed by atoms with van der Waals surface area (Å²) in [6.45, 7) is 0.937. The molecule has 0 heterocycles. The summed E-state index contributed by atoms with van der Waals surface area (Å²) in [7, 11) is 0. The summed E-state index contributed by atoms with van der Waals surface area (Å²) in [6.07, 6.45) is 4.30. The van der Waals surface area contributed by atoms with E-state index in [1.54, 1.807) is 12.1 Å². The second-order valence-electron chi connectivity index (χ2n) is 6.83. The number of halogens is 1. The Morgan fingerprint density at radius 2 is 1.41 bits per heavy atom. The lowest BCUT2D eigenvalue weighted by Crippen LogP contribution is -2.29. The molecule has 1 aliphatic carbocycles. The Bertz CT molecular complexity index is 769. The van der Waals surface area contributed by atoms with Crippen molar-refractivity contribution < 1.29 is 9.59 Å². The molecule has 0 bridgehead atoms. The van der Waals surface area contributed by atoms with Crippen molar-refractivity contribution in [3.8, 4) is 0 Å². The van der Waals surface area contributed by atoms with Crippen LogP contribution in [0.4, 0.5) is 10.5 Å². The third-order valence-corrected chi connectivity index (χ3v) is 5.02. The van der Waals surface area contributed by atoms with E-state index in [1.807, 2.05) is 36.4 Å². The molecule has 3 N–H and O–H groups in total. The zero-order valence-electron chi connectivity index (χ0n) is 15.1. The van der Waals surface area contributed by atoms with Crippen molar-refractivity contribution in [2.45, 2.75) is 38.8 Å². The Morgan fingerprint density at radius 3 is 2.04 bits per heavy atom. The minimum atomic E-state index is -0.271. The zero-order chi connectivity index (χ0) is 19.1. The number of urea groups is 1. The fourth-order valence-electron chi connectivity index (χ4n) is 3.19. The predicted molar refractivity (Wildman–Crippen MR) is 108 cm³/mol. The first kappa shape index (κ1) is 19.2. The van der Waals surface area contributed by atoms with E-state index >= 15 is 0 Å². The van der Waals surface area contributed by atoms with Crippen LogP contribution in [0.2, 0.25) is 5.02 Å². The quantitative estimate of drug-likeness (QED) is 0.686. The second kappa shape index (κ2) is 9.42. The van der Waals surface area contributed by atoms with Gasteiger partial charge in [-0.05, 0) is 48.2 Å². The molecule has 1 aliphatic rings. The molecule has 0 saturated heterocycles. The van der Waals surface area contributed by atoms with Gasteiger partial charge in [0.2, 0.25) is 5.91 Å². The molecule has 0 radical (unpaired) electrons. The summed E-state index contributed by atoms with van der Waals surface area (Å²) in [5, 5.41) is 9.26. The summed E-state index contributed by atoms with van der Waals surface area (Å²) in [5.74, 6) is 0.326. The van der Waals surface area contributed by atoms with Gasteiger partial charge < -0.3 is 16.0 Å². The van der Waals surface area contributed by atoms with Gasteiger partial charge in [-0.25, -0.2) is 4.79 Å². The molecule has 5 nitrogen and oxygen atoms in total. The molecule has 1 fully saturated rings. The van der Waals surface area contributed by atoms with Gasteiger partial charge in [-0.15, -0.1) is 0 Å². The number of carbonyl (C=O) groups excluding carboxylic acids is 2. The number of hydrogen-bond donors (Lipinski definition) is 3. The maximum absolute atomic E-state index is 12.1. The van der Waals surface area contributed by atoms with Crippen LogP contribution in [0.5, 0.6) is 0 Å². The van der Waals surface area contributed by atoms with E-state index in [2.05, 4.69) is 16.0 Å². The molecule has 3 amide bonds. The Balaban J connectivity index is 1.42. The Labute approximate surface area is 164 Å². The van der Waals surface area contributed by atoms with E-state index < -0.39 is 0 Å². The summed E-state index contributed by atoms with van der Waals surface area (Å²) in [5.41, 5.74) is 2.69. The highest BCUT2D eigenvalue weighted by molar-refractivity contribution is 6.30. The highest BCUT2D eigenvalue weighted by atomic mass is 35.5. The number of amides is 3. The van der Waals surface area contributed by atoms with Gasteiger partial charge in [0, 0.05) is 29.7 Å². The minimum absolute atomic E-state index is 0.149. The smallest absolute Gasteiger partial charge is 0.319 e. The molecule has 2 aromatic rings. The molecule has 0 atom stereocenters. The number of anilines is 1. The van der Waals surface area contributed by atoms with Crippen molar-refractivity contribution in [3.63, 3.8) is 0 Å². The van der Waals surface area contributed by atoms with Gasteiger partial charge in [0.15, 0.2) is 0 Å². The van der Waals surface area contributed by atoms with Crippen LogP contribution in [-0.4, -0.2) is 11.9 Å². The Morgan fingerprint density at radius 1 is 0.852 bits per heavy atom. The molecule has 27 heavy (non-hydrogen) atoms. The second-order valence-corrected chi connectivity index (χ2v) is 7.27. The van der Waals surface area contributed by atoms with Crippen LogP contribution in [0.15, 0.2) is 48.5 Å². The zero-order valence-corrected chi connectivity index (χ0v) is 15.9. The van der Waals surface area contributed by atoms with Crippen molar-refractivity contribution in [2.75, 3.05) is 5.32 Å². The molecule has 2 aromatic carbocycles. The Hall–Kier alpha value is -2.53. The largest absolute Gasteiger partial charge is 0.352 e. The topological polar surface area (TPSA) is 70.2 Å². The minimum Gasteiger partial charge on any atom is -0.352 e. The lowest BCUT2D eigenvalue weighted by molar-refractivity contribution is -0.124. The van der Waals surface area contributed by atoms with Crippen molar-refractivity contribution in [2.24, 2.45) is 5.92 Å². The van der Waals surface area contributed by atoms with Crippen LogP contribution >= 0.6 is 11.6 Å². The van der Waals surface area contributed by atoms with E-state index in [1.165, 1.54) is 0 Å². The summed E-state index contributed by atoms with van der Waals surface area (Å²) in [6, 6.07) is 14.5. The van der Waals surface area contributed by atoms with Crippen molar-refractivity contribution in [1.29, 1.82) is 0 Å². The van der Waals surface area contributed by atoms with Crippen molar-refractivity contribution in [3.05, 3.63) is 64.7 Å². The SMILES string of the molecule is O=C(NCc1ccc(Cl)cc1)Nc1ccc(CNC(=O)C2CCCC2)cc1. The number of rotatable bonds is 6. The highest BCUT2D eigenvalue weighted by Gasteiger charge is 2.22. The van der Waals surface area contributed by atoms with Gasteiger partial charge in [0.05, 0.1) is 0 Å². The average molecular weight is 386 g/mol. The predicted octanol–water partition coefficient (Wildman–Crippen LogP) is 4.47. The molecule has 0 aliphatic heterocycles. The molecule has 1 saturated carbocycles. The molecular formula is C21H24ClN3O2. The third kappa shape index (κ3) is 6.00. The first-order chi connectivity index (χ1) is 13.1. The van der Waals surface area contributed by atoms with Crippen molar-refractivity contribution >= 4 is 29.2 Å². The third-order valence-electron chi connectivity index (χ3n) is 4.77. The number of benzene rings is 2. The van der Waals surface area contributed by atoms with Crippen LogP contribution in [0.3, 0.4) is 0 Å². The summed E-state index contributed by atoms with van der Waals surface area (Å²) in [4.78, 5) is 24.0. The summed E-state index contributed by atoms with van der Waals surface area (Å²) >= 11 is 5.84. The lowest BCUT2D eigenvalue weighted by atomic mass is 10.1. The monoisotopic (exact) mass is 385 g/mol. The first-order valence-electron chi connectivity index (χ1n) is 9.26. The lowest BCUT2D eigenvalue weighted by Gasteiger charge is -2.11. The fraction of sp³-hybridized carbons (Fsp3) is 0.333. The van der Waals surface area contributed by atoms with Gasteiger partial charge in [0.1, 0.15) is 0 Å². The summed E-state index contributed by atoms with van der Waals surface area (Å²) < 4.78 is 0. The fourth-order valence-corrected chi connectivity index (χ4v) is 3.31. The molecule has 6 heteroatoms. The molecule has 0 unspecified atom stereocenters. The molecule has 0 aromatic heterocycles. The average Bonchev–Trinajstić information content (AvgIpc) is 3.22. The van der Waals surface area contributed by atoms with E-state index in [9.17, 15) is 9.59 Å². The number of hydrogen-bond acceptors (Lipinski definition) is 2. The van der Waals surface area contributed by atoms with Crippen LogP contribution in [0.25, 0.3) is 0 Å². The van der Waals surface area contributed by atoms with E-state index in [-0.39, 0.29) is 17.9 Å². The van der Waals surface area contributed by atoms with Crippen LogP contribution < -0.4 is 16.0 Å². The van der Waals surface area contributed by atoms with E-state index in [0.717, 1.165) is 36.8 Å². The maximum Gasteiger partial charge on any atom is 0.319 e. The van der Waals surface area contributed by atoms with Gasteiger partial charge in [-0.1, -0.05) is 48.7 Å².